The summed E-state index contributed by atoms with van der Waals surface area (Å²) in [7, 11) is 0. The van der Waals surface area contributed by atoms with Crippen molar-refractivity contribution in [2.45, 2.75) is 12.3 Å². The van der Waals surface area contributed by atoms with Crippen molar-refractivity contribution in [1.29, 1.82) is 0 Å². The zero-order chi connectivity index (χ0) is 13.8. The molecule has 1 atom stereocenters. The molecule has 0 radical (unpaired) electrons. The first-order chi connectivity index (χ1) is 9.10. The van der Waals surface area contributed by atoms with Gasteiger partial charge in [-0.3, -0.25) is 0 Å². The van der Waals surface area contributed by atoms with Gasteiger partial charge in [0.1, 0.15) is 0 Å². The lowest BCUT2D eigenvalue weighted by Gasteiger charge is -2.15. The number of alkyl halides is 1. The van der Waals surface area contributed by atoms with Crippen molar-refractivity contribution in [1.82, 2.24) is 0 Å². The van der Waals surface area contributed by atoms with Crippen LogP contribution < -0.4 is 0 Å². The predicted molar refractivity (Wildman–Crippen MR) is 80.7 cm³/mol. The standard InChI is InChI=1S/C15H12Br2F2/c16-9-12(11-2-1-3-13(17)8-11)6-10-4-5-14(18)15(19)7-10/h1-5,7-8,12H,6,9H2. The van der Waals surface area contributed by atoms with Crippen LogP contribution in [-0.4, -0.2) is 5.33 Å². The number of benzene rings is 2. The molecule has 2 rings (SSSR count). The minimum absolute atomic E-state index is 0.224. The van der Waals surface area contributed by atoms with E-state index in [1.165, 1.54) is 12.1 Å². The highest BCUT2D eigenvalue weighted by Crippen LogP contribution is 2.26. The van der Waals surface area contributed by atoms with Crippen LogP contribution >= 0.6 is 31.9 Å². The average Bonchev–Trinajstić information content (AvgIpc) is 2.40. The van der Waals surface area contributed by atoms with Crippen LogP contribution in [0.5, 0.6) is 0 Å². The SMILES string of the molecule is Fc1ccc(CC(CBr)c2cccc(Br)c2)cc1F. The number of hydrogen-bond acceptors (Lipinski definition) is 0. The summed E-state index contributed by atoms with van der Waals surface area (Å²) < 4.78 is 27.1. The van der Waals surface area contributed by atoms with Gasteiger partial charge in [-0.15, -0.1) is 0 Å². The van der Waals surface area contributed by atoms with Gasteiger partial charge in [-0.25, -0.2) is 8.78 Å². The molecule has 0 saturated heterocycles. The van der Waals surface area contributed by atoms with E-state index in [2.05, 4.69) is 31.9 Å². The average molecular weight is 390 g/mol. The van der Waals surface area contributed by atoms with E-state index in [1.54, 1.807) is 6.07 Å². The maximum absolute atomic E-state index is 13.2. The van der Waals surface area contributed by atoms with Gasteiger partial charge < -0.3 is 0 Å². The highest BCUT2D eigenvalue weighted by molar-refractivity contribution is 9.10. The highest BCUT2D eigenvalue weighted by atomic mass is 79.9. The van der Waals surface area contributed by atoms with Gasteiger partial charge in [-0.1, -0.05) is 50.1 Å². The normalized spacial score (nSPS) is 12.4. The molecule has 0 spiro atoms. The van der Waals surface area contributed by atoms with E-state index in [4.69, 9.17) is 0 Å². The zero-order valence-corrected chi connectivity index (χ0v) is 13.2. The third-order valence-electron chi connectivity index (χ3n) is 2.97. The largest absolute Gasteiger partial charge is 0.204 e. The molecule has 0 saturated carbocycles. The first-order valence-corrected chi connectivity index (χ1v) is 7.77. The molecule has 2 aromatic carbocycles. The molecule has 0 bridgehead atoms. The topological polar surface area (TPSA) is 0 Å². The minimum atomic E-state index is -0.804. The molecule has 0 N–H and O–H groups in total. The van der Waals surface area contributed by atoms with E-state index >= 15 is 0 Å². The van der Waals surface area contributed by atoms with Gasteiger partial charge in [-0.2, -0.15) is 0 Å². The van der Waals surface area contributed by atoms with Crippen LogP contribution in [0.15, 0.2) is 46.9 Å². The minimum Gasteiger partial charge on any atom is -0.204 e. The van der Waals surface area contributed by atoms with Crippen LogP contribution in [0.4, 0.5) is 8.78 Å². The first-order valence-electron chi connectivity index (χ1n) is 5.85. The Labute approximate surface area is 128 Å². The van der Waals surface area contributed by atoms with Crippen LogP contribution in [0.3, 0.4) is 0 Å². The van der Waals surface area contributed by atoms with Crippen molar-refractivity contribution in [2.75, 3.05) is 5.33 Å². The molecule has 0 heterocycles. The predicted octanol–water partition coefficient (Wildman–Crippen LogP) is 5.45. The molecule has 0 aliphatic rings. The van der Waals surface area contributed by atoms with Crippen LogP contribution in [0.2, 0.25) is 0 Å². The van der Waals surface area contributed by atoms with E-state index in [1.807, 2.05) is 24.3 Å². The summed E-state index contributed by atoms with van der Waals surface area (Å²) in [6.07, 6.45) is 0.666. The molecule has 1 unspecified atom stereocenters. The molecule has 100 valence electrons. The summed E-state index contributed by atoms with van der Waals surface area (Å²) in [4.78, 5) is 0. The van der Waals surface area contributed by atoms with E-state index in [0.29, 0.717) is 6.42 Å². The summed E-state index contributed by atoms with van der Waals surface area (Å²) in [6.45, 7) is 0. The zero-order valence-electron chi connectivity index (χ0n) is 10.0. The van der Waals surface area contributed by atoms with Crippen LogP contribution in [0, 0.1) is 11.6 Å². The van der Waals surface area contributed by atoms with Gasteiger partial charge in [0.25, 0.3) is 0 Å². The molecule has 0 aromatic heterocycles. The monoisotopic (exact) mass is 388 g/mol. The molecule has 0 fully saturated rings. The van der Waals surface area contributed by atoms with E-state index in [9.17, 15) is 8.78 Å². The Morgan fingerprint density at radius 3 is 2.42 bits per heavy atom. The second-order valence-corrected chi connectivity index (χ2v) is 5.92. The van der Waals surface area contributed by atoms with E-state index in [-0.39, 0.29) is 5.92 Å². The van der Waals surface area contributed by atoms with Crippen LogP contribution in [0.25, 0.3) is 0 Å². The quantitative estimate of drug-likeness (QED) is 0.610. The third kappa shape index (κ3) is 3.86. The summed E-state index contributed by atoms with van der Waals surface area (Å²) in [5.41, 5.74) is 1.96. The second-order valence-electron chi connectivity index (χ2n) is 4.36. The van der Waals surface area contributed by atoms with Crippen molar-refractivity contribution in [2.24, 2.45) is 0 Å². The fourth-order valence-corrected chi connectivity index (χ4v) is 2.99. The van der Waals surface area contributed by atoms with E-state index < -0.39 is 11.6 Å². The molecule has 0 nitrogen and oxygen atoms in total. The first kappa shape index (κ1) is 14.7. The Balaban J connectivity index is 2.21. The lowest BCUT2D eigenvalue weighted by molar-refractivity contribution is 0.506. The fraction of sp³-hybridized carbons (Fsp3) is 0.200. The molecular weight excluding hydrogens is 378 g/mol. The van der Waals surface area contributed by atoms with Gasteiger partial charge in [0, 0.05) is 9.80 Å². The number of rotatable bonds is 4. The lowest BCUT2D eigenvalue weighted by atomic mass is 9.94. The summed E-state index contributed by atoms with van der Waals surface area (Å²) in [5.74, 6) is -1.37. The smallest absolute Gasteiger partial charge is 0.159 e. The molecule has 4 heteroatoms. The highest BCUT2D eigenvalue weighted by Gasteiger charge is 2.13. The molecule has 19 heavy (non-hydrogen) atoms. The maximum atomic E-state index is 13.2. The van der Waals surface area contributed by atoms with Crippen molar-refractivity contribution < 1.29 is 8.78 Å². The number of halogens is 4. The Hall–Kier alpha value is -0.740. The van der Waals surface area contributed by atoms with E-state index in [0.717, 1.165) is 20.9 Å². The maximum Gasteiger partial charge on any atom is 0.159 e. The molecule has 0 aliphatic heterocycles. The molecule has 0 aliphatic carbocycles. The lowest BCUT2D eigenvalue weighted by Crippen LogP contribution is -2.05. The molecular formula is C15H12Br2F2. The van der Waals surface area contributed by atoms with Gasteiger partial charge >= 0.3 is 0 Å². The summed E-state index contributed by atoms with van der Waals surface area (Å²) in [6, 6.07) is 12.1. The number of hydrogen-bond donors (Lipinski definition) is 0. The second kappa shape index (κ2) is 6.62. The van der Waals surface area contributed by atoms with Crippen molar-refractivity contribution in [3.8, 4) is 0 Å². The summed E-state index contributed by atoms with van der Waals surface area (Å²) >= 11 is 6.93. The Morgan fingerprint density at radius 1 is 1.00 bits per heavy atom. The van der Waals surface area contributed by atoms with Crippen molar-refractivity contribution in [3.05, 3.63) is 69.7 Å². The fourth-order valence-electron chi connectivity index (χ4n) is 1.97. The molecule has 0 amide bonds. The Kier molecular flexibility index (Phi) is 5.11. The third-order valence-corrected chi connectivity index (χ3v) is 4.25. The Bertz CT molecular complexity index is 570. The van der Waals surface area contributed by atoms with Crippen LogP contribution in [0.1, 0.15) is 17.0 Å². The van der Waals surface area contributed by atoms with Gasteiger partial charge in [0.15, 0.2) is 11.6 Å². The van der Waals surface area contributed by atoms with Crippen LogP contribution in [-0.2, 0) is 6.42 Å². The molecule has 2 aromatic rings. The van der Waals surface area contributed by atoms with Gasteiger partial charge in [-0.05, 0) is 47.7 Å². The van der Waals surface area contributed by atoms with Crippen molar-refractivity contribution >= 4 is 31.9 Å². The van der Waals surface area contributed by atoms with Crippen molar-refractivity contribution in [3.63, 3.8) is 0 Å². The van der Waals surface area contributed by atoms with Gasteiger partial charge in [0.2, 0.25) is 0 Å². The summed E-state index contributed by atoms with van der Waals surface area (Å²) in [5, 5.41) is 0.766. The van der Waals surface area contributed by atoms with Gasteiger partial charge in [0.05, 0.1) is 0 Å². The Morgan fingerprint density at radius 2 is 1.79 bits per heavy atom.